The average Bonchev–Trinajstić information content (AvgIpc) is 2.38. The van der Waals surface area contributed by atoms with E-state index in [1.165, 1.54) is 6.07 Å². The minimum absolute atomic E-state index is 0.237. The molecule has 2 aromatic carbocycles. The number of primary amides is 1. The van der Waals surface area contributed by atoms with Crippen LogP contribution in [-0.4, -0.2) is 5.91 Å². The van der Waals surface area contributed by atoms with Gasteiger partial charge in [0, 0.05) is 23.4 Å². The average molecular weight is 244 g/mol. The Morgan fingerprint density at radius 2 is 1.78 bits per heavy atom. The van der Waals surface area contributed by atoms with Crippen molar-refractivity contribution in [3.8, 4) is 0 Å². The van der Waals surface area contributed by atoms with Crippen LogP contribution in [0.15, 0.2) is 48.5 Å². The highest BCUT2D eigenvalue weighted by Gasteiger charge is 2.02. The molecule has 0 aliphatic rings. The molecular formula is C14H13FN2O. The molecule has 1 amide bonds. The van der Waals surface area contributed by atoms with E-state index in [4.69, 9.17) is 5.73 Å². The highest BCUT2D eigenvalue weighted by Crippen LogP contribution is 2.12. The zero-order valence-electron chi connectivity index (χ0n) is 9.69. The molecule has 4 heteroatoms. The minimum Gasteiger partial charge on any atom is -0.381 e. The standard InChI is InChI=1S/C14H13FN2O/c15-13-4-2-1-3-11(13)9-17-12-7-5-10(6-8-12)14(16)18/h1-8,17H,9H2,(H2,16,18). The molecule has 3 nitrogen and oxygen atoms in total. The summed E-state index contributed by atoms with van der Waals surface area (Å²) >= 11 is 0. The van der Waals surface area contributed by atoms with Gasteiger partial charge in [-0.05, 0) is 30.3 Å². The lowest BCUT2D eigenvalue weighted by Crippen LogP contribution is -2.10. The Kier molecular flexibility index (Phi) is 3.57. The summed E-state index contributed by atoms with van der Waals surface area (Å²) in [5.74, 6) is -0.700. The van der Waals surface area contributed by atoms with Gasteiger partial charge in [0.15, 0.2) is 0 Å². The van der Waals surface area contributed by atoms with Gasteiger partial charge in [-0.15, -0.1) is 0 Å². The number of carbonyl (C=O) groups is 1. The number of halogens is 1. The van der Waals surface area contributed by atoms with Crippen molar-refractivity contribution in [1.29, 1.82) is 0 Å². The van der Waals surface area contributed by atoms with E-state index in [1.807, 2.05) is 0 Å². The van der Waals surface area contributed by atoms with Crippen LogP contribution < -0.4 is 11.1 Å². The van der Waals surface area contributed by atoms with Gasteiger partial charge in [-0.25, -0.2) is 4.39 Å². The van der Waals surface area contributed by atoms with Crippen molar-refractivity contribution in [2.24, 2.45) is 5.73 Å². The molecule has 0 saturated heterocycles. The number of nitrogens with two attached hydrogens (primary N) is 1. The summed E-state index contributed by atoms with van der Waals surface area (Å²) in [5, 5.41) is 3.08. The Bertz CT molecular complexity index is 552. The van der Waals surface area contributed by atoms with Crippen molar-refractivity contribution in [2.45, 2.75) is 6.54 Å². The Morgan fingerprint density at radius 3 is 2.39 bits per heavy atom. The largest absolute Gasteiger partial charge is 0.381 e. The van der Waals surface area contributed by atoms with Gasteiger partial charge in [-0.2, -0.15) is 0 Å². The highest BCUT2D eigenvalue weighted by molar-refractivity contribution is 5.93. The van der Waals surface area contributed by atoms with E-state index in [2.05, 4.69) is 5.32 Å². The molecule has 0 aliphatic carbocycles. The molecule has 3 N–H and O–H groups in total. The fourth-order valence-corrected chi connectivity index (χ4v) is 1.59. The highest BCUT2D eigenvalue weighted by atomic mass is 19.1. The Hall–Kier alpha value is -2.36. The first-order valence-electron chi connectivity index (χ1n) is 5.54. The van der Waals surface area contributed by atoms with Crippen LogP contribution in [-0.2, 0) is 6.54 Å². The predicted molar refractivity (Wildman–Crippen MR) is 68.7 cm³/mol. The zero-order chi connectivity index (χ0) is 13.0. The normalized spacial score (nSPS) is 10.1. The minimum atomic E-state index is -0.462. The van der Waals surface area contributed by atoms with Gasteiger partial charge < -0.3 is 11.1 Å². The first kappa shape index (κ1) is 12.1. The van der Waals surface area contributed by atoms with Crippen molar-refractivity contribution in [3.05, 3.63) is 65.5 Å². The molecule has 0 radical (unpaired) electrons. The maximum atomic E-state index is 13.4. The molecule has 92 valence electrons. The lowest BCUT2D eigenvalue weighted by atomic mass is 10.2. The molecular weight excluding hydrogens is 231 g/mol. The molecule has 0 bridgehead atoms. The maximum absolute atomic E-state index is 13.4. The van der Waals surface area contributed by atoms with Crippen molar-refractivity contribution in [2.75, 3.05) is 5.32 Å². The Labute approximate surface area is 104 Å². The lowest BCUT2D eigenvalue weighted by Gasteiger charge is -2.07. The van der Waals surface area contributed by atoms with Gasteiger partial charge in [0.25, 0.3) is 0 Å². The topological polar surface area (TPSA) is 55.1 Å². The molecule has 0 fully saturated rings. The number of carbonyl (C=O) groups excluding carboxylic acids is 1. The van der Waals surface area contributed by atoms with Gasteiger partial charge >= 0.3 is 0 Å². The molecule has 0 aromatic heterocycles. The fraction of sp³-hybridized carbons (Fsp3) is 0.0714. The Balaban J connectivity index is 2.02. The van der Waals surface area contributed by atoms with Crippen LogP contribution in [0.1, 0.15) is 15.9 Å². The monoisotopic (exact) mass is 244 g/mol. The van der Waals surface area contributed by atoms with E-state index in [1.54, 1.807) is 42.5 Å². The van der Waals surface area contributed by atoms with Crippen LogP contribution in [0.4, 0.5) is 10.1 Å². The third-order valence-corrected chi connectivity index (χ3v) is 2.61. The van der Waals surface area contributed by atoms with Crippen LogP contribution in [0, 0.1) is 5.82 Å². The summed E-state index contributed by atoms with van der Waals surface area (Å²) in [6, 6.07) is 13.3. The Morgan fingerprint density at radius 1 is 1.11 bits per heavy atom. The summed E-state index contributed by atoms with van der Waals surface area (Å²) < 4.78 is 13.4. The van der Waals surface area contributed by atoms with E-state index in [-0.39, 0.29) is 5.82 Å². The quantitative estimate of drug-likeness (QED) is 0.868. The molecule has 0 spiro atoms. The molecule has 0 heterocycles. The number of anilines is 1. The maximum Gasteiger partial charge on any atom is 0.248 e. The number of benzene rings is 2. The van der Waals surface area contributed by atoms with E-state index in [0.717, 1.165) is 5.69 Å². The second-order valence-electron chi connectivity index (χ2n) is 3.89. The third-order valence-electron chi connectivity index (χ3n) is 2.61. The van der Waals surface area contributed by atoms with Crippen molar-refractivity contribution >= 4 is 11.6 Å². The van der Waals surface area contributed by atoms with Crippen LogP contribution in [0.5, 0.6) is 0 Å². The molecule has 0 aliphatic heterocycles. The number of hydrogen-bond acceptors (Lipinski definition) is 2. The van der Waals surface area contributed by atoms with Gasteiger partial charge in [0.05, 0.1) is 0 Å². The predicted octanol–water partition coefficient (Wildman–Crippen LogP) is 2.54. The first-order chi connectivity index (χ1) is 8.66. The second kappa shape index (κ2) is 5.31. The number of amides is 1. The summed E-state index contributed by atoms with van der Waals surface area (Å²) in [7, 11) is 0. The summed E-state index contributed by atoms with van der Waals surface area (Å²) in [5.41, 5.74) is 6.99. The van der Waals surface area contributed by atoms with Crippen molar-refractivity contribution in [3.63, 3.8) is 0 Å². The summed E-state index contributed by atoms with van der Waals surface area (Å²) in [6.45, 7) is 0.391. The molecule has 18 heavy (non-hydrogen) atoms. The number of rotatable bonds is 4. The van der Waals surface area contributed by atoms with Crippen molar-refractivity contribution in [1.82, 2.24) is 0 Å². The number of hydrogen-bond donors (Lipinski definition) is 2. The third kappa shape index (κ3) is 2.85. The van der Waals surface area contributed by atoms with Crippen LogP contribution in [0.3, 0.4) is 0 Å². The van der Waals surface area contributed by atoms with E-state index >= 15 is 0 Å². The summed E-state index contributed by atoms with van der Waals surface area (Å²) in [4.78, 5) is 10.9. The molecule has 0 saturated carbocycles. The van der Waals surface area contributed by atoms with Gasteiger partial charge in [0.1, 0.15) is 5.82 Å². The van der Waals surface area contributed by atoms with Gasteiger partial charge in [-0.3, -0.25) is 4.79 Å². The van der Waals surface area contributed by atoms with E-state index < -0.39 is 5.91 Å². The molecule has 2 rings (SSSR count). The smallest absolute Gasteiger partial charge is 0.248 e. The van der Waals surface area contributed by atoms with Crippen molar-refractivity contribution < 1.29 is 9.18 Å². The first-order valence-corrected chi connectivity index (χ1v) is 5.54. The van der Waals surface area contributed by atoms with Crippen LogP contribution in [0.2, 0.25) is 0 Å². The fourth-order valence-electron chi connectivity index (χ4n) is 1.59. The van der Waals surface area contributed by atoms with Crippen LogP contribution in [0.25, 0.3) is 0 Å². The van der Waals surface area contributed by atoms with Gasteiger partial charge in [0.2, 0.25) is 5.91 Å². The SMILES string of the molecule is NC(=O)c1ccc(NCc2ccccc2F)cc1. The van der Waals surface area contributed by atoms with E-state index in [9.17, 15) is 9.18 Å². The molecule has 0 unspecified atom stereocenters. The van der Waals surface area contributed by atoms with Crippen LogP contribution >= 0.6 is 0 Å². The zero-order valence-corrected chi connectivity index (χ0v) is 9.69. The second-order valence-corrected chi connectivity index (χ2v) is 3.89. The molecule has 0 atom stereocenters. The lowest BCUT2D eigenvalue weighted by molar-refractivity contribution is 0.100. The number of nitrogens with one attached hydrogen (secondary N) is 1. The van der Waals surface area contributed by atoms with Gasteiger partial charge in [-0.1, -0.05) is 18.2 Å². The summed E-state index contributed by atoms with van der Waals surface area (Å²) in [6.07, 6.45) is 0. The molecule has 2 aromatic rings. The van der Waals surface area contributed by atoms with E-state index in [0.29, 0.717) is 17.7 Å².